The first kappa shape index (κ1) is 32.8. The molecule has 0 saturated carbocycles. The summed E-state index contributed by atoms with van der Waals surface area (Å²) in [5.74, 6) is 0. The van der Waals surface area contributed by atoms with Gasteiger partial charge in [0.2, 0.25) is 0 Å². The molecule has 4 heterocycles. The van der Waals surface area contributed by atoms with Crippen molar-refractivity contribution < 1.29 is 18.3 Å². The Hall–Kier alpha value is -5.74. The summed E-state index contributed by atoms with van der Waals surface area (Å²) in [6.45, 7) is 3.71. The van der Waals surface area contributed by atoms with Crippen molar-refractivity contribution in [2.45, 2.75) is 51.9 Å². The number of benzene rings is 3. The molecule has 4 nitrogen and oxygen atoms in total. The zero-order valence-electron chi connectivity index (χ0n) is 28.8. The first-order chi connectivity index (χ1) is 24.7. The van der Waals surface area contributed by atoms with E-state index in [0.717, 1.165) is 51.9 Å². The maximum absolute atomic E-state index is 2.28. The second kappa shape index (κ2) is 16.6. The van der Waals surface area contributed by atoms with E-state index in [9.17, 15) is 0 Å². The van der Waals surface area contributed by atoms with Crippen molar-refractivity contribution in [3.8, 4) is 22.3 Å². The maximum atomic E-state index is 2.28. The number of nitrogens with zero attached hydrogens (tertiary/aromatic N) is 4. The highest BCUT2D eigenvalue weighted by Gasteiger charge is 2.13. The molecule has 0 spiro atoms. The molecule has 246 valence electrons. The molecule has 7 rings (SSSR count). The van der Waals surface area contributed by atoms with Crippen molar-refractivity contribution >= 4 is 0 Å². The first-order valence-electron chi connectivity index (χ1n) is 17.9. The number of hydrogen-bond donors (Lipinski definition) is 0. The summed E-state index contributed by atoms with van der Waals surface area (Å²) in [5.41, 5.74) is 10.4. The first-order valence-corrected chi connectivity index (χ1v) is 17.9. The van der Waals surface area contributed by atoms with Gasteiger partial charge >= 0.3 is 0 Å². The minimum atomic E-state index is 0.834. The van der Waals surface area contributed by atoms with Crippen molar-refractivity contribution in [2.24, 2.45) is 0 Å². The molecule has 0 unspecified atom stereocenters. The predicted octanol–water partition coefficient (Wildman–Crippen LogP) is 7.53. The second-order valence-corrected chi connectivity index (χ2v) is 13.1. The summed E-state index contributed by atoms with van der Waals surface area (Å²) in [5, 5.41) is 0. The van der Waals surface area contributed by atoms with Crippen molar-refractivity contribution in [1.29, 1.82) is 0 Å². The zero-order valence-corrected chi connectivity index (χ0v) is 28.8. The minimum Gasteiger partial charge on any atom is -0.205 e. The fraction of sp³-hybridized carbons (Fsp3) is 0.174. The lowest BCUT2D eigenvalue weighted by Crippen LogP contribution is -2.36. The number of aryl methyl sites for hydroxylation is 4. The van der Waals surface area contributed by atoms with Gasteiger partial charge in [0.1, 0.15) is 13.1 Å². The fourth-order valence-electron chi connectivity index (χ4n) is 6.59. The SMILES string of the molecule is c1ccc(CCC[n+]2ccc(-c3cc[n+](Cc4ccccc4C[n+]4ccc(-c5cc[n+](CCCc6ccccc6)cc5)cc4)cc3)cc2)cc1. The zero-order chi connectivity index (χ0) is 33.8. The molecule has 0 aliphatic heterocycles. The molecule has 0 N–H and O–H groups in total. The van der Waals surface area contributed by atoms with Crippen LogP contribution in [0, 0.1) is 0 Å². The Morgan fingerprint density at radius 1 is 0.300 bits per heavy atom. The monoisotopic (exact) mass is 654 g/mol. The molecular weight excluding hydrogens is 609 g/mol. The third kappa shape index (κ3) is 9.03. The smallest absolute Gasteiger partial charge is 0.174 e. The number of rotatable bonds is 14. The Balaban J connectivity index is 0.920. The van der Waals surface area contributed by atoms with Gasteiger partial charge in [0.05, 0.1) is 0 Å². The molecule has 50 heavy (non-hydrogen) atoms. The van der Waals surface area contributed by atoms with Crippen LogP contribution in [0.15, 0.2) is 183 Å². The molecule has 0 radical (unpaired) electrons. The average Bonchev–Trinajstić information content (AvgIpc) is 3.18. The van der Waals surface area contributed by atoms with E-state index >= 15 is 0 Å². The maximum Gasteiger partial charge on any atom is 0.174 e. The summed E-state index contributed by atoms with van der Waals surface area (Å²) in [4.78, 5) is 0. The normalized spacial score (nSPS) is 11.0. The molecule has 0 fully saturated rings. The van der Waals surface area contributed by atoms with Gasteiger partial charge in [0.15, 0.2) is 62.7 Å². The molecule has 0 aliphatic rings. The van der Waals surface area contributed by atoms with Crippen LogP contribution >= 0.6 is 0 Å². The van der Waals surface area contributed by atoms with Crippen LogP contribution in [0.5, 0.6) is 0 Å². The van der Waals surface area contributed by atoms with E-state index in [2.05, 4.69) is 201 Å². The van der Waals surface area contributed by atoms with Crippen LogP contribution in [0.4, 0.5) is 0 Å². The molecule has 7 aromatic rings. The Labute approximate surface area is 296 Å². The topological polar surface area (TPSA) is 15.5 Å². The van der Waals surface area contributed by atoms with Crippen LogP contribution in [0.25, 0.3) is 22.3 Å². The molecule has 4 heteroatoms. The Morgan fingerprint density at radius 3 is 0.940 bits per heavy atom. The van der Waals surface area contributed by atoms with Gasteiger partial charge in [-0.3, -0.25) is 0 Å². The van der Waals surface area contributed by atoms with Gasteiger partial charge < -0.3 is 0 Å². The lowest BCUT2D eigenvalue weighted by molar-refractivity contribution is -0.697. The van der Waals surface area contributed by atoms with Gasteiger partial charge in [-0.05, 0) is 46.2 Å². The van der Waals surface area contributed by atoms with Gasteiger partial charge in [-0.15, -0.1) is 0 Å². The van der Waals surface area contributed by atoms with Gasteiger partial charge in [0, 0.05) is 72.5 Å². The van der Waals surface area contributed by atoms with Crippen LogP contribution in [-0.4, -0.2) is 0 Å². The van der Waals surface area contributed by atoms with Crippen molar-refractivity contribution in [3.05, 3.63) is 205 Å². The molecule has 0 aliphatic carbocycles. The summed E-state index contributed by atoms with van der Waals surface area (Å²) < 4.78 is 9.10. The van der Waals surface area contributed by atoms with Gasteiger partial charge in [-0.25, -0.2) is 18.3 Å². The van der Waals surface area contributed by atoms with Crippen molar-refractivity contribution in [1.82, 2.24) is 0 Å². The predicted molar refractivity (Wildman–Crippen MR) is 199 cm³/mol. The molecule has 4 aromatic heterocycles. The lowest BCUT2D eigenvalue weighted by atomic mass is 10.1. The van der Waals surface area contributed by atoms with E-state index in [1.807, 2.05) is 0 Å². The van der Waals surface area contributed by atoms with E-state index in [4.69, 9.17) is 0 Å². The molecule has 0 saturated heterocycles. The number of hydrogen-bond acceptors (Lipinski definition) is 0. The molecular formula is C46H46N4+4. The summed E-state index contributed by atoms with van der Waals surface area (Å²) >= 11 is 0. The van der Waals surface area contributed by atoms with Gasteiger partial charge in [-0.1, -0.05) is 84.9 Å². The molecule has 0 amide bonds. The van der Waals surface area contributed by atoms with E-state index in [0.29, 0.717) is 0 Å². The van der Waals surface area contributed by atoms with Crippen molar-refractivity contribution in [3.63, 3.8) is 0 Å². The fourth-order valence-corrected chi connectivity index (χ4v) is 6.59. The van der Waals surface area contributed by atoms with Crippen LogP contribution in [0.3, 0.4) is 0 Å². The number of pyridine rings is 4. The Bertz CT molecular complexity index is 1900. The van der Waals surface area contributed by atoms with Crippen LogP contribution in [-0.2, 0) is 39.0 Å². The van der Waals surface area contributed by atoms with E-state index in [-0.39, 0.29) is 0 Å². The molecule has 3 aromatic carbocycles. The highest BCUT2D eigenvalue weighted by atomic mass is 14.9. The minimum absolute atomic E-state index is 0.834. The number of aromatic nitrogens is 4. The third-order valence-electron chi connectivity index (χ3n) is 9.50. The highest BCUT2D eigenvalue weighted by molar-refractivity contribution is 5.61. The Kier molecular flexibility index (Phi) is 10.9. The van der Waals surface area contributed by atoms with E-state index in [1.54, 1.807) is 0 Å². The Morgan fingerprint density at radius 2 is 0.600 bits per heavy atom. The summed E-state index contributed by atoms with van der Waals surface area (Å²) in [6.07, 6.45) is 22.1. The average molecular weight is 655 g/mol. The molecule has 0 bridgehead atoms. The standard InChI is InChI=1S/C46H46N4/c1-3-11-39(12-4-1)15-9-27-47-29-19-41(20-30-47)43-23-33-49(34-24-43)37-45-17-7-8-18-46(45)38-50-35-25-44(26-36-50)42-21-31-48(32-22-42)28-10-16-40-13-5-2-6-14-40/h1-8,11-14,17-26,29-36H,9-10,15-16,27-28,37-38H2/q+4. The van der Waals surface area contributed by atoms with Crippen LogP contribution < -0.4 is 18.3 Å². The molecule has 0 atom stereocenters. The van der Waals surface area contributed by atoms with Crippen LogP contribution in [0.1, 0.15) is 35.1 Å². The summed E-state index contributed by atoms with van der Waals surface area (Å²) in [7, 11) is 0. The quantitative estimate of drug-likeness (QED) is 0.108. The second-order valence-electron chi connectivity index (χ2n) is 13.1. The summed E-state index contributed by atoms with van der Waals surface area (Å²) in [6, 6.07) is 48.0. The van der Waals surface area contributed by atoms with Crippen LogP contribution in [0.2, 0.25) is 0 Å². The van der Waals surface area contributed by atoms with E-state index < -0.39 is 0 Å². The largest absolute Gasteiger partial charge is 0.205 e. The van der Waals surface area contributed by atoms with E-state index in [1.165, 1.54) is 44.5 Å². The van der Waals surface area contributed by atoms with Crippen molar-refractivity contribution in [2.75, 3.05) is 0 Å². The van der Waals surface area contributed by atoms with Gasteiger partial charge in [0.25, 0.3) is 0 Å². The lowest BCUT2D eigenvalue weighted by Gasteiger charge is -2.06. The highest BCUT2D eigenvalue weighted by Crippen LogP contribution is 2.18. The van der Waals surface area contributed by atoms with Gasteiger partial charge in [-0.2, -0.15) is 0 Å². The third-order valence-corrected chi connectivity index (χ3v) is 9.50.